The molecule has 162 valence electrons. The number of para-hydroxylation sites is 4. The van der Waals surface area contributed by atoms with E-state index in [1.54, 1.807) is 24.3 Å². The average Bonchev–Trinajstić information content (AvgIpc) is 2.80. The zero-order valence-electron chi connectivity index (χ0n) is 17.2. The number of phenols is 2. The Hall–Kier alpha value is -3.22. The fourth-order valence-electron chi connectivity index (χ4n) is 3.71. The number of phenolic OH excluding ortho intramolecular Hbond substituents is 2. The van der Waals surface area contributed by atoms with Crippen LogP contribution < -0.4 is 10.6 Å². The van der Waals surface area contributed by atoms with Crippen molar-refractivity contribution in [3.8, 4) is 11.5 Å². The van der Waals surface area contributed by atoms with Gasteiger partial charge < -0.3 is 20.8 Å². The maximum Gasteiger partial charge on any atom is 0.120 e. The summed E-state index contributed by atoms with van der Waals surface area (Å²) in [5, 5.41) is 28.6. The summed E-state index contributed by atoms with van der Waals surface area (Å²) < 4.78 is 0. The van der Waals surface area contributed by atoms with Crippen molar-refractivity contribution in [1.29, 1.82) is 0 Å². The van der Waals surface area contributed by atoms with Crippen LogP contribution >= 0.6 is 25.3 Å². The number of anilines is 2. The minimum Gasteiger partial charge on any atom is -0.508 e. The molecule has 0 aliphatic heterocycles. The number of thiol groups is 2. The quantitative estimate of drug-likeness (QED) is 0.174. The Morgan fingerprint density at radius 2 is 0.844 bits per heavy atom. The van der Waals surface area contributed by atoms with E-state index < -0.39 is 12.1 Å². The van der Waals surface area contributed by atoms with Gasteiger partial charge in [0.2, 0.25) is 0 Å². The largest absolute Gasteiger partial charge is 0.508 e. The molecule has 0 aliphatic rings. The maximum absolute atomic E-state index is 10.7. The molecule has 4 aromatic carbocycles. The van der Waals surface area contributed by atoms with Crippen LogP contribution in [0.25, 0.3) is 0 Å². The molecule has 0 spiro atoms. The van der Waals surface area contributed by atoms with Crippen molar-refractivity contribution in [1.82, 2.24) is 0 Å². The molecule has 0 radical (unpaired) electrons. The van der Waals surface area contributed by atoms with Crippen LogP contribution in [0.2, 0.25) is 0 Å². The van der Waals surface area contributed by atoms with Gasteiger partial charge in [-0.25, -0.2) is 0 Å². The van der Waals surface area contributed by atoms with Crippen molar-refractivity contribution >= 4 is 36.6 Å². The highest BCUT2D eigenvalue weighted by molar-refractivity contribution is 7.80. The lowest BCUT2D eigenvalue weighted by Crippen LogP contribution is -2.26. The number of aromatic hydroxyl groups is 2. The van der Waals surface area contributed by atoms with Gasteiger partial charge in [-0.15, -0.1) is 25.3 Å². The van der Waals surface area contributed by atoms with E-state index in [-0.39, 0.29) is 11.5 Å². The summed E-state index contributed by atoms with van der Waals surface area (Å²) in [5.41, 5.74) is 2.99. The van der Waals surface area contributed by atoms with Crippen molar-refractivity contribution in [3.05, 3.63) is 108 Å². The van der Waals surface area contributed by atoms with Crippen LogP contribution in [-0.2, 0) is 0 Å². The molecular weight excluding hydrogens is 436 g/mol. The topological polar surface area (TPSA) is 64.5 Å². The van der Waals surface area contributed by atoms with E-state index in [4.69, 9.17) is 0 Å². The predicted molar refractivity (Wildman–Crippen MR) is 136 cm³/mol. The van der Waals surface area contributed by atoms with Crippen molar-refractivity contribution in [3.63, 3.8) is 0 Å². The summed E-state index contributed by atoms with van der Waals surface area (Å²) in [6.07, 6.45) is 0. The number of benzene rings is 4. The lowest BCUT2D eigenvalue weighted by molar-refractivity contribution is 0.447. The second-order valence-electron chi connectivity index (χ2n) is 7.40. The van der Waals surface area contributed by atoms with Crippen molar-refractivity contribution in [2.45, 2.75) is 21.9 Å². The van der Waals surface area contributed by atoms with Gasteiger partial charge >= 0.3 is 0 Å². The van der Waals surface area contributed by atoms with Crippen molar-refractivity contribution < 1.29 is 10.2 Å². The average molecular weight is 461 g/mol. The molecule has 2 unspecified atom stereocenters. The van der Waals surface area contributed by atoms with E-state index in [2.05, 4.69) is 35.9 Å². The fourth-order valence-corrected chi connectivity index (χ4v) is 4.16. The third kappa shape index (κ3) is 4.82. The molecule has 0 amide bonds. The van der Waals surface area contributed by atoms with Crippen LogP contribution in [0.3, 0.4) is 0 Å². The Morgan fingerprint density at radius 3 is 1.22 bits per heavy atom. The van der Waals surface area contributed by atoms with E-state index in [0.29, 0.717) is 11.1 Å². The minimum absolute atomic E-state index is 0.156. The van der Waals surface area contributed by atoms with Crippen molar-refractivity contribution in [2.24, 2.45) is 0 Å². The highest BCUT2D eigenvalue weighted by Crippen LogP contribution is 2.42. The van der Waals surface area contributed by atoms with E-state index in [9.17, 15) is 10.2 Å². The number of hydrogen-bond acceptors (Lipinski definition) is 6. The first-order chi connectivity index (χ1) is 15.5. The molecule has 2 atom stereocenters. The molecule has 0 aliphatic carbocycles. The molecular formula is C26H24N2O2S2. The first-order valence-corrected chi connectivity index (χ1v) is 11.1. The standard InChI is InChI=1S/C26H24N2O2S2/c29-21-13-5-1-9-17(21)25(27-19-11-3-7-15-23(19)31)26(18-10-2-6-14-22(18)30)28-20-12-4-8-16-24(20)32/h1-16,25-32H. The Kier molecular flexibility index (Phi) is 6.83. The van der Waals surface area contributed by atoms with E-state index in [1.165, 1.54) is 0 Å². The molecule has 0 saturated carbocycles. The number of nitrogens with one attached hydrogen (secondary N) is 2. The van der Waals surface area contributed by atoms with E-state index >= 15 is 0 Å². The van der Waals surface area contributed by atoms with Gasteiger partial charge in [0.1, 0.15) is 11.5 Å². The third-order valence-electron chi connectivity index (χ3n) is 5.31. The van der Waals surface area contributed by atoms with Gasteiger partial charge in [0.15, 0.2) is 0 Å². The second kappa shape index (κ2) is 9.94. The third-order valence-corrected chi connectivity index (χ3v) is 6.09. The molecule has 4 N–H and O–H groups in total. The van der Waals surface area contributed by atoms with Gasteiger partial charge in [-0.2, -0.15) is 0 Å². The van der Waals surface area contributed by atoms with Crippen molar-refractivity contribution in [2.75, 3.05) is 10.6 Å². The number of hydrogen-bond donors (Lipinski definition) is 6. The summed E-state index contributed by atoms with van der Waals surface area (Å²) in [4.78, 5) is 1.55. The van der Waals surface area contributed by atoms with Crippen LogP contribution in [0.5, 0.6) is 11.5 Å². The highest BCUT2D eigenvalue weighted by atomic mass is 32.1. The van der Waals surface area contributed by atoms with E-state index in [1.807, 2.05) is 72.8 Å². The highest BCUT2D eigenvalue weighted by Gasteiger charge is 2.29. The lowest BCUT2D eigenvalue weighted by atomic mass is 9.91. The number of rotatable bonds is 7. The molecule has 32 heavy (non-hydrogen) atoms. The molecule has 4 rings (SSSR count). The summed E-state index contributed by atoms with van der Waals surface area (Å²) >= 11 is 9.19. The molecule has 6 heteroatoms. The Bertz CT molecular complexity index is 1120. The van der Waals surface area contributed by atoms with Crippen LogP contribution in [-0.4, -0.2) is 10.2 Å². The van der Waals surface area contributed by atoms with Gasteiger partial charge in [0.25, 0.3) is 0 Å². The Morgan fingerprint density at radius 1 is 0.500 bits per heavy atom. The van der Waals surface area contributed by atoms with Gasteiger partial charge in [-0.1, -0.05) is 60.7 Å². The van der Waals surface area contributed by atoms with Gasteiger partial charge in [-0.05, 0) is 36.4 Å². The van der Waals surface area contributed by atoms with Crippen LogP contribution in [0.1, 0.15) is 23.2 Å². The van der Waals surface area contributed by atoms with Crippen LogP contribution in [0.15, 0.2) is 107 Å². The lowest BCUT2D eigenvalue weighted by Gasteiger charge is -2.32. The molecule has 0 heterocycles. The Balaban J connectivity index is 1.87. The molecule has 0 saturated heterocycles. The summed E-state index contributed by atoms with van der Waals surface area (Å²) in [6.45, 7) is 0. The van der Waals surface area contributed by atoms with Gasteiger partial charge in [-0.3, -0.25) is 0 Å². The molecule has 4 aromatic rings. The summed E-state index contributed by atoms with van der Waals surface area (Å²) in [5.74, 6) is 0.311. The zero-order valence-corrected chi connectivity index (χ0v) is 19.0. The normalized spacial score (nSPS) is 12.7. The monoisotopic (exact) mass is 460 g/mol. The molecule has 0 aromatic heterocycles. The molecule has 0 bridgehead atoms. The molecule has 4 nitrogen and oxygen atoms in total. The zero-order chi connectivity index (χ0) is 22.5. The first kappa shape index (κ1) is 22.0. The predicted octanol–water partition coefficient (Wildman–Crippen LogP) is 6.68. The maximum atomic E-state index is 10.7. The van der Waals surface area contributed by atoms with E-state index in [0.717, 1.165) is 21.2 Å². The van der Waals surface area contributed by atoms with Gasteiger partial charge in [0, 0.05) is 32.3 Å². The Labute approximate surface area is 198 Å². The van der Waals surface area contributed by atoms with Crippen LogP contribution in [0, 0.1) is 0 Å². The SMILES string of the molecule is Oc1ccccc1C(Nc1ccccc1S)C(Nc1ccccc1S)c1ccccc1O. The van der Waals surface area contributed by atoms with Crippen LogP contribution in [0.4, 0.5) is 11.4 Å². The minimum atomic E-state index is -0.453. The fraction of sp³-hybridized carbons (Fsp3) is 0.0769. The first-order valence-electron chi connectivity index (χ1n) is 10.2. The smallest absolute Gasteiger partial charge is 0.120 e. The molecule has 0 fully saturated rings. The van der Waals surface area contributed by atoms with Gasteiger partial charge in [0.05, 0.1) is 12.1 Å². The second-order valence-corrected chi connectivity index (χ2v) is 8.36. The summed E-state index contributed by atoms with van der Waals surface area (Å²) in [6, 6.07) is 28.8. The summed E-state index contributed by atoms with van der Waals surface area (Å²) in [7, 11) is 0.